The molecular formula is C64H102Si5. The van der Waals surface area contributed by atoms with Crippen LogP contribution in [0.15, 0.2) is 48.5 Å². The fourth-order valence-corrected chi connectivity index (χ4v) is 423. The van der Waals surface area contributed by atoms with Gasteiger partial charge in [0.2, 0.25) is 0 Å². The van der Waals surface area contributed by atoms with E-state index in [1.807, 2.05) is 44.5 Å². The smallest absolute Gasteiger partial charge is 0.0682 e. The fraction of sp³-hybridized carbons (Fsp3) is 0.625. The van der Waals surface area contributed by atoms with Gasteiger partial charge in [0.25, 0.3) is 0 Å². The van der Waals surface area contributed by atoms with Crippen molar-refractivity contribution in [3.63, 3.8) is 0 Å². The summed E-state index contributed by atoms with van der Waals surface area (Å²) in [5, 5.41) is 8.45. The SMILES string of the molecule is CC[Si]1(CC)[Si]2(c3c(C(C)C)cc(C(C)C)cc3C(C)C)[Si]3(c4c(C(C)C)cc(C(C)C)cc4C(C)C)[Si]1(c1c(C(C)C)cc(C(C)C)cc1C(C)C)[Si]23c1c(C(C)C)cc(C(C)C)cc1C(C)C. The molecule has 4 heterocycles. The minimum absolute atomic E-state index is 0.495. The van der Waals surface area contributed by atoms with Crippen molar-refractivity contribution >= 4 is 54.4 Å². The summed E-state index contributed by atoms with van der Waals surface area (Å²) in [7, 11) is -2.05. The number of rotatable bonds is 18. The number of hydrogen-bond acceptors (Lipinski definition) is 0. The van der Waals surface area contributed by atoms with Gasteiger partial charge in [-0.3, -0.25) is 0 Å². The molecule has 0 radical (unpaired) electrons. The van der Waals surface area contributed by atoms with Gasteiger partial charge in [0.05, 0.1) is 26.5 Å². The summed E-state index contributed by atoms with van der Waals surface area (Å²) in [5.41, 5.74) is 20.9. The lowest BCUT2D eigenvalue weighted by molar-refractivity contribution is 0.811. The summed E-state index contributed by atoms with van der Waals surface area (Å²) in [6.07, 6.45) is 0. The monoisotopic (exact) mass is 1010 g/mol. The first-order chi connectivity index (χ1) is 32.1. The van der Waals surface area contributed by atoms with Gasteiger partial charge in [0.1, 0.15) is 0 Å². The van der Waals surface area contributed by atoms with Crippen LogP contribution in [0.4, 0.5) is 0 Å². The highest BCUT2D eigenvalue weighted by Crippen LogP contribution is 2.91. The first kappa shape index (κ1) is 54.7. The molecular weight excluding hydrogens is 909 g/mol. The first-order valence-electron chi connectivity index (χ1n) is 28.8. The quantitative estimate of drug-likeness (QED) is 0.0872. The van der Waals surface area contributed by atoms with Gasteiger partial charge in [-0.05, 0) is 138 Å². The maximum absolute atomic E-state index is 2.86. The normalized spacial score (nSPS) is 23.8. The Bertz CT molecular complexity index is 2290. The van der Waals surface area contributed by atoms with Crippen LogP contribution in [0.25, 0.3) is 0 Å². The van der Waals surface area contributed by atoms with E-state index in [-0.39, 0.29) is 0 Å². The molecule has 4 aliphatic heterocycles. The average molecular weight is 1010 g/mol. The molecule has 0 atom stereocenters. The lowest BCUT2D eigenvalue weighted by Gasteiger charge is -2.72. The van der Waals surface area contributed by atoms with E-state index < -0.39 is 33.6 Å². The summed E-state index contributed by atoms with van der Waals surface area (Å²) in [6.45, 7) is 58.0. The molecule has 0 unspecified atom stereocenters. The highest BCUT2D eigenvalue weighted by molar-refractivity contribution is 8.85. The second-order valence-electron chi connectivity index (χ2n) is 26.9. The molecule has 0 nitrogen and oxygen atoms in total. The molecule has 2 bridgehead atoms. The zero-order chi connectivity index (χ0) is 51.7. The van der Waals surface area contributed by atoms with Crippen LogP contribution in [0, 0.1) is 0 Å². The Morgan fingerprint density at radius 3 is 0.493 bits per heavy atom. The Morgan fingerprint density at radius 1 is 0.232 bits per heavy atom. The third-order valence-electron chi connectivity index (χ3n) is 19.4. The molecule has 4 fully saturated rings. The van der Waals surface area contributed by atoms with Crippen LogP contribution in [0.2, 0.25) is 12.1 Å². The third kappa shape index (κ3) is 6.82. The van der Waals surface area contributed by atoms with Crippen LogP contribution in [0.1, 0.15) is 318 Å². The van der Waals surface area contributed by atoms with Gasteiger partial charge in [-0.1, -0.05) is 261 Å². The number of benzene rings is 4. The molecule has 0 saturated carbocycles. The Morgan fingerprint density at radius 2 is 0.377 bits per heavy atom. The van der Waals surface area contributed by atoms with E-state index in [1.54, 1.807) is 22.3 Å². The average Bonchev–Trinajstić information content (AvgIpc) is 4.02. The van der Waals surface area contributed by atoms with Crippen molar-refractivity contribution in [2.75, 3.05) is 0 Å². The van der Waals surface area contributed by atoms with E-state index >= 15 is 0 Å². The topological polar surface area (TPSA) is 0 Å². The molecule has 8 rings (SSSR count). The van der Waals surface area contributed by atoms with Crippen molar-refractivity contribution in [3.8, 4) is 0 Å². The van der Waals surface area contributed by atoms with Crippen molar-refractivity contribution in [2.45, 2.75) is 263 Å². The van der Waals surface area contributed by atoms with Gasteiger partial charge in [-0.15, -0.1) is 0 Å². The Kier molecular flexibility index (Phi) is 14.8. The summed E-state index contributed by atoms with van der Waals surface area (Å²) < 4.78 is 0. The zero-order valence-corrected chi connectivity index (χ0v) is 54.5. The van der Waals surface area contributed by atoms with E-state index in [9.17, 15) is 0 Å². The van der Waals surface area contributed by atoms with Crippen LogP contribution >= 0.6 is 0 Å². The van der Waals surface area contributed by atoms with Crippen molar-refractivity contribution < 1.29 is 0 Å². The largest absolute Gasteiger partial charge is 0.0717 e. The van der Waals surface area contributed by atoms with Gasteiger partial charge < -0.3 is 0 Å². The standard InChI is InChI=1S/C64H102Si5/c1-27-65(28-2)66(61-53(41(11)12)29-49(37(3)4)30-54(61)42(13)14)68(63-57(45(19)20)33-51(39(7)8)34-58(63)46(21)22)67(65,62-55(43(15)16)31-50(38(5)6)32-56(62)44(17)18)69(66,68)64-59(47(23)24)35-52(40(9)10)36-60(64)48(25)26/h29-48H,27-28H2,1-26H3. The lowest BCUT2D eigenvalue weighted by atomic mass is 9.89. The van der Waals surface area contributed by atoms with Gasteiger partial charge in [0, 0.05) is 7.11 Å². The highest BCUT2D eigenvalue weighted by atomic mass is 31.0. The van der Waals surface area contributed by atoms with E-state index in [2.05, 4.69) is 249 Å². The fourth-order valence-electron chi connectivity index (χ4n) is 16.4. The molecule has 4 aliphatic rings. The highest BCUT2D eigenvalue weighted by Gasteiger charge is 3.31. The van der Waals surface area contributed by atoms with Crippen LogP contribution in [0.3, 0.4) is 0 Å². The van der Waals surface area contributed by atoms with Gasteiger partial charge in [-0.2, -0.15) is 0 Å². The molecule has 5 heteroatoms. The summed E-state index contributed by atoms with van der Waals surface area (Å²) in [5.74, 6) is 6.05. The minimum Gasteiger partial charge on any atom is -0.0682 e. The summed E-state index contributed by atoms with van der Waals surface area (Å²) in [6, 6.07) is 25.8. The summed E-state index contributed by atoms with van der Waals surface area (Å²) >= 11 is 0. The Labute approximate surface area is 430 Å². The molecule has 0 N–H and O–H groups in total. The molecule has 0 amide bonds. The third-order valence-corrected chi connectivity index (χ3v) is 196. The second-order valence-corrected chi connectivity index (χ2v) is 90.8. The Balaban J connectivity index is 1.96. The molecule has 4 aromatic carbocycles. The van der Waals surface area contributed by atoms with Crippen LogP contribution < -0.4 is 20.7 Å². The van der Waals surface area contributed by atoms with E-state index in [1.165, 1.54) is 12.1 Å². The zero-order valence-electron chi connectivity index (χ0n) is 49.5. The molecule has 0 spiro atoms. The molecule has 378 valence electrons. The van der Waals surface area contributed by atoms with Crippen molar-refractivity contribution in [2.24, 2.45) is 0 Å². The van der Waals surface area contributed by atoms with Crippen LogP contribution in [0.5, 0.6) is 0 Å². The van der Waals surface area contributed by atoms with E-state index in [0.717, 1.165) is 0 Å². The van der Waals surface area contributed by atoms with Crippen LogP contribution in [-0.4, -0.2) is 33.6 Å². The molecule has 4 saturated heterocycles. The van der Waals surface area contributed by atoms with Crippen LogP contribution in [-0.2, 0) is 0 Å². The predicted octanol–water partition coefficient (Wildman–Crippen LogP) is 17.0. The maximum Gasteiger partial charge on any atom is 0.0717 e. The molecule has 4 aromatic rings. The van der Waals surface area contributed by atoms with Gasteiger partial charge >= 0.3 is 0 Å². The van der Waals surface area contributed by atoms with E-state index in [4.69, 9.17) is 0 Å². The second kappa shape index (κ2) is 18.7. The van der Waals surface area contributed by atoms with Gasteiger partial charge in [0.15, 0.2) is 0 Å². The van der Waals surface area contributed by atoms with Crippen molar-refractivity contribution in [1.82, 2.24) is 0 Å². The van der Waals surface area contributed by atoms with Gasteiger partial charge in [-0.25, -0.2) is 0 Å². The van der Waals surface area contributed by atoms with E-state index in [0.29, 0.717) is 71.0 Å². The molecule has 69 heavy (non-hydrogen) atoms. The maximum atomic E-state index is 2.86. The molecule has 0 aliphatic carbocycles. The van der Waals surface area contributed by atoms with Crippen molar-refractivity contribution in [3.05, 3.63) is 115 Å². The lowest BCUT2D eigenvalue weighted by Crippen LogP contribution is -3.09. The Hall–Kier alpha value is -2.04. The first-order valence-corrected chi connectivity index (χ1v) is 46.2. The number of hydrogen-bond donors (Lipinski definition) is 0. The van der Waals surface area contributed by atoms with Crippen molar-refractivity contribution in [1.29, 1.82) is 0 Å². The minimum atomic E-state index is -2.36. The predicted molar refractivity (Wildman–Crippen MR) is 323 cm³/mol. The molecule has 0 aromatic heterocycles. The summed E-state index contributed by atoms with van der Waals surface area (Å²) in [4.78, 5) is 0.